The summed E-state index contributed by atoms with van der Waals surface area (Å²) in [6.07, 6.45) is 4.25. The first kappa shape index (κ1) is 16.2. The number of rotatable bonds is 4. The molecule has 1 aromatic carbocycles. The van der Waals surface area contributed by atoms with Gasteiger partial charge in [0.15, 0.2) is 0 Å². The van der Waals surface area contributed by atoms with Gasteiger partial charge >= 0.3 is 6.09 Å². The van der Waals surface area contributed by atoms with Gasteiger partial charge in [0.05, 0.1) is 12.8 Å². The van der Waals surface area contributed by atoms with E-state index in [1.807, 2.05) is 12.1 Å². The highest BCUT2D eigenvalue weighted by atomic mass is 16.5. The lowest BCUT2D eigenvalue weighted by Crippen LogP contribution is -2.25. The third kappa shape index (κ3) is 4.67. The highest BCUT2D eigenvalue weighted by molar-refractivity contribution is 6.02. The van der Waals surface area contributed by atoms with E-state index >= 15 is 0 Å². The number of benzene rings is 1. The smallest absolute Gasteiger partial charge is 0.413 e. The number of amides is 2. The van der Waals surface area contributed by atoms with Crippen molar-refractivity contribution in [3.05, 3.63) is 60.4 Å². The van der Waals surface area contributed by atoms with Gasteiger partial charge in [-0.15, -0.1) is 0 Å². The van der Waals surface area contributed by atoms with Crippen molar-refractivity contribution in [2.45, 2.75) is 0 Å². The minimum absolute atomic E-state index is 0.260. The molecule has 0 aliphatic heterocycles. The number of ether oxygens (including phenoxy) is 1. The minimum atomic E-state index is -0.458. The highest BCUT2D eigenvalue weighted by Crippen LogP contribution is 2.17. The van der Waals surface area contributed by atoms with Gasteiger partial charge in [0.25, 0.3) is 0 Å². The van der Waals surface area contributed by atoms with E-state index in [0.717, 1.165) is 0 Å². The number of nitrogens with one attached hydrogen (secondary N) is 1. The first-order chi connectivity index (χ1) is 11.1. The van der Waals surface area contributed by atoms with Gasteiger partial charge in [-0.25, -0.2) is 4.79 Å². The van der Waals surface area contributed by atoms with E-state index in [1.165, 1.54) is 18.1 Å². The van der Waals surface area contributed by atoms with E-state index in [9.17, 15) is 9.59 Å². The number of anilines is 2. The van der Waals surface area contributed by atoms with E-state index in [4.69, 9.17) is 0 Å². The summed E-state index contributed by atoms with van der Waals surface area (Å²) >= 11 is 0. The normalized spacial score (nSPS) is 10.3. The summed E-state index contributed by atoms with van der Waals surface area (Å²) in [5, 5.41) is 2.73. The van der Waals surface area contributed by atoms with Crippen molar-refractivity contribution < 1.29 is 14.3 Å². The molecule has 2 aromatic rings. The average molecular weight is 311 g/mol. The van der Waals surface area contributed by atoms with Gasteiger partial charge < -0.3 is 10.1 Å². The first-order valence-corrected chi connectivity index (χ1v) is 6.92. The Morgan fingerprint density at radius 1 is 1.17 bits per heavy atom. The van der Waals surface area contributed by atoms with Crippen LogP contribution in [0.5, 0.6) is 0 Å². The Bertz CT molecular complexity index is 697. The maximum absolute atomic E-state index is 11.8. The fraction of sp³-hybridized carbons (Fsp3) is 0.118. The molecule has 0 radical (unpaired) electrons. The van der Waals surface area contributed by atoms with Crippen LogP contribution in [0.3, 0.4) is 0 Å². The molecule has 0 saturated carbocycles. The standard InChI is InChI=1S/C17H17N3O3/c1-20(17(22)23-2)15-9-6-14(7-10-15)19-16(21)11-8-13-5-3-4-12-18-13/h3-12H,1-2H3,(H,19,21)/b11-8+. The predicted molar refractivity (Wildman–Crippen MR) is 89.2 cm³/mol. The molecule has 0 aliphatic rings. The lowest BCUT2D eigenvalue weighted by atomic mass is 10.2. The quantitative estimate of drug-likeness (QED) is 0.881. The molecule has 1 N–H and O–H groups in total. The van der Waals surface area contributed by atoms with E-state index in [-0.39, 0.29) is 5.91 Å². The van der Waals surface area contributed by atoms with Crippen LogP contribution < -0.4 is 10.2 Å². The molecule has 0 saturated heterocycles. The molecule has 0 bridgehead atoms. The van der Waals surface area contributed by atoms with E-state index in [2.05, 4.69) is 15.0 Å². The van der Waals surface area contributed by atoms with Crippen molar-refractivity contribution in [3.8, 4) is 0 Å². The zero-order chi connectivity index (χ0) is 16.7. The number of nitrogens with zero attached hydrogens (tertiary/aromatic N) is 2. The van der Waals surface area contributed by atoms with Crippen LogP contribution in [0.1, 0.15) is 5.69 Å². The SMILES string of the molecule is COC(=O)N(C)c1ccc(NC(=O)/C=C/c2ccccn2)cc1. The van der Waals surface area contributed by atoms with Crippen molar-refractivity contribution in [3.63, 3.8) is 0 Å². The monoisotopic (exact) mass is 311 g/mol. The van der Waals surface area contributed by atoms with Crippen LogP contribution in [0.15, 0.2) is 54.7 Å². The van der Waals surface area contributed by atoms with Gasteiger partial charge in [0.2, 0.25) is 5.91 Å². The van der Waals surface area contributed by atoms with Gasteiger partial charge in [0.1, 0.15) is 0 Å². The lowest BCUT2D eigenvalue weighted by molar-refractivity contribution is -0.111. The maximum Gasteiger partial charge on any atom is 0.413 e. The highest BCUT2D eigenvalue weighted by Gasteiger charge is 2.10. The van der Waals surface area contributed by atoms with Gasteiger partial charge in [-0.3, -0.25) is 14.7 Å². The summed E-state index contributed by atoms with van der Waals surface area (Å²) in [5.74, 6) is -0.260. The fourth-order valence-corrected chi connectivity index (χ4v) is 1.83. The predicted octanol–water partition coefficient (Wildman–Crippen LogP) is 2.94. The van der Waals surface area contributed by atoms with E-state index in [1.54, 1.807) is 49.7 Å². The molecule has 1 aromatic heterocycles. The third-order valence-electron chi connectivity index (χ3n) is 3.06. The van der Waals surface area contributed by atoms with Crippen LogP contribution in [0.4, 0.5) is 16.2 Å². The molecule has 0 fully saturated rings. The molecule has 0 unspecified atom stereocenters. The number of pyridine rings is 1. The zero-order valence-corrected chi connectivity index (χ0v) is 12.9. The van der Waals surface area contributed by atoms with Crippen molar-refractivity contribution >= 4 is 29.5 Å². The van der Waals surface area contributed by atoms with Crippen molar-refractivity contribution in [2.24, 2.45) is 0 Å². The molecule has 6 heteroatoms. The van der Waals surface area contributed by atoms with Crippen molar-refractivity contribution in [1.29, 1.82) is 0 Å². The Balaban J connectivity index is 1.97. The van der Waals surface area contributed by atoms with Crippen LogP contribution in [0.25, 0.3) is 6.08 Å². The summed E-state index contributed by atoms with van der Waals surface area (Å²) in [6.45, 7) is 0. The summed E-state index contributed by atoms with van der Waals surface area (Å²) < 4.78 is 4.64. The maximum atomic E-state index is 11.8. The number of hydrogen-bond donors (Lipinski definition) is 1. The van der Waals surface area contributed by atoms with Crippen LogP contribution in [-0.2, 0) is 9.53 Å². The molecule has 0 atom stereocenters. The van der Waals surface area contributed by atoms with Gasteiger partial charge in [0, 0.05) is 30.7 Å². The Hall–Kier alpha value is -3.15. The molecule has 6 nitrogen and oxygen atoms in total. The summed E-state index contributed by atoms with van der Waals surface area (Å²) in [7, 11) is 2.93. The second-order valence-electron chi connectivity index (χ2n) is 4.65. The Kier molecular flexibility index (Phi) is 5.46. The van der Waals surface area contributed by atoms with Crippen molar-refractivity contribution in [1.82, 2.24) is 4.98 Å². The second kappa shape index (κ2) is 7.74. The molecule has 118 valence electrons. The summed E-state index contributed by atoms with van der Waals surface area (Å²) in [4.78, 5) is 28.7. The molecule has 0 spiro atoms. The fourth-order valence-electron chi connectivity index (χ4n) is 1.83. The molecule has 1 heterocycles. The Morgan fingerprint density at radius 2 is 1.91 bits per heavy atom. The Morgan fingerprint density at radius 3 is 2.52 bits per heavy atom. The lowest BCUT2D eigenvalue weighted by Gasteiger charge is -2.15. The molecule has 2 rings (SSSR count). The molecular formula is C17H17N3O3. The Labute approximate surface area is 134 Å². The topological polar surface area (TPSA) is 71.5 Å². The van der Waals surface area contributed by atoms with E-state index in [0.29, 0.717) is 17.1 Å². The number of methoxy groups -OCH3 is 1. The van der Waals surface area contributed by atoms with Crippen molar-refractivity contribution in [2.75, 3.05) is 24.4 Å². The van der Waals surface area contributed by atoms with E-state index < -0.39 is 6.09 Å². The number of hydrogen-bond acceptors (Lipinski definition) is 4. The number of aromatic nitrogens is 1. The molecular weight excluding hydrogens is 294 g/mol. The summed E-state index contributed by atoms with van der Waals surface area (Å²) in [6, 6.07) is 12.3. The molecule has 23 heavy (non-hydrogen) atoms. The van der Waals surface area contributed by atoms with Crippen LogP contribution in [-0.4, -0.2) is 31.1 Å². The minimum Gasteiger partial charge on any atom is -0.452 e. The van der Waals surface area contributed by atoms with Crippen LogP contribution in [0, 0.1) is 0 Å². The summed E-state index contributed by atoms with van der Waals surface area (Å²) in [5.41, 5.74) is 2.00. The van der Waals surface area contributed by atoms with Crippen LogP contribution in [0.2, 0.25) is 0 Å². The van der Waals surface area contributed by atoms with Gasteiger partial charge in [-0.05, 0) is 42.5 Å². The second-order valence-corrected chi connectivity index (χ2v) is 4.65. The molecule has 0 aliphatic carbocycles. The van der Waals surface area contributed by atoms with Crippen LogP contribution >= 0.6 is 0 Å². The first-order valence-electron chi connectivity index (χ1n) is 6.92. The van der Waals surface area contributed by atoms with Gasteiger partial charge in [-0.2, -0.15) is 0 Å². The molecule has 2 amide bonds. The number of carbonyl (C=O) groups is 2. The average Bonchev–Trinajstić information content (AvgIpc) is 2.60. The zero-order valence-electron chi connectivity index (χ0n) is 12.9. The largest absolute Gasteiger partial charge is 0.452 e. The third-order valence-corrected chi connectivity index (χ3v) is 3.06. The van der Waals surface area contributed by atoms with Gasteiger partial charge in [-0.1, -0.05) is 6.07 Å². The number of carbonyl (C=O) groups excluding carboxylic acids is 2.